The lowest BCUT2D eigenvalue weighted by atomic mass is 9.82. The van der Waals surface area contributed by atoms with Crippen LogP contribution in [0.3, 0.4) is 0 Å². The standard InChI is InChI=1S/C25H32N6O2/c1-15-12-31(13-16(2)32-15)14-24-29-30-25(33-24)20-9-17(10-23(27-3)21(20)11-26)18-5-4-6-22-19(18)7-8-28-22/h4-6,9-11,15-16,19,22,26-28H,7-8,12-14H2,1-3H3/p+1. The van der Waals surface area contributed by atoms with E-state index in [1.165, 1.54) is 11.8 Å². The number of quaternary nitrogens is 1. The van der Waals surface area contributed by atoms with Crippen LogP contribution in [0, 0.1) is 11.3 Å². The van der Waals surface area contributed by atoms with Crippen LogP contribution in [0.15, 0.2) is 34.8 Å². The quantitative estimate of drug-likeness (QED) is 0.461. The first-order valence-corrected chi connectivity index (χ1v) is 11.9. The van der Waals surface area contributed by atoms with E-state index in [-0.39, 0.29) is 12.2 Å². The Morgan fingerprint density at radius 3 is 2.82 bits per heavy atom. The fraction of sp³-hybridized carbons (Fsp3) is 0.480. The number of ether oxygens (including phenoxy) is 1. The lowest BCUT2D eigenvalue weighted by Crippen LogP contribution is -2.73. The summed E-state index contributed by atoms with van der Waals surface area (Å²) in [5.41, 5.74) is 5.10. The van der Waals surface area contributed by atoms with Gasteiger partial charge in [0.15, 0.2) is 0 Å². The van der Waals surface area contributed by atoms with E-state index in [2.05, 4.69) is 64.6 Å². The van der Waals surface area contributed by atoms with E-state index in [1.807, 2.05) is 12.4 Å². The normalized spacial score (nSPS) is 27.4. The Hall–Kier alpha value is -2.65. The number of benzene rings is 1. The summed E-state index contributed by atoms with van der Waals surface area (Å²) in [6.07, 6.45) is 9.49. The summed E-state index contributed by atoms with van der Waals surface area (Å²) in [6.45, 7) is 7.50. The lowest BCUT2D eigenvalue weighted by molar-refractivity contribution is -0.539. The molecule has 1 aromatic heterocycles. The van der Waals surface area contributed by atoms with Crippen LogP contribution in [-0.4, -0.2) is 66.2 Å². The van der Waals surface area contributed by atoms with Crippen molar-refractivity contribution in [3.63, 3.8) is 0 Å². The molecule has 8 heteroatoms. The van der Waals surface area contributed by atoms with Crippen LogP contribution in [0.25, 0.3) is 17.0 Å². The number of aromatic nitrogens is 2. The second-order valence-corrected chi connectivity index (χ2v) is 9.29. The van der Waals surface area contributed by atoms with Crippen molar-refractivity contribution in [1.82, 2.24) is 20.4 Å². The minimum absolute atomic E-state index is 0.187. The van der Waals surface area contributed by atoms with E-state index in [0.29, 0.717) is 30.3 Å². The minimum atomic E-state index is 0.187. The lowest BCUT2D eigenvalue weighted by Gasteiger charge is -2.34. The zero-order chi connectivity index (χ0) is 22.9. The number of morpholine rings is 1. The molecule has 0 radical (unpaired) electrons. The molecule has 4 unspecified atom stereocenters. The first kappa shape index (κ1) is 22.2. The topological polar surface area (TPSA) is 104 Å². The van der Waals surface area contributed by atoms with Gasteiger partial charge in [-0.05, 0) is 44.0 Å². The molecule has 2 aliphatic heterocycles. The van der Waals surface area contributed by atoms with Crippen LogP contribution in [0.5, 0.6) is 0 Å². The molecule has 1 aromatic carbocycles. The molecule has 4 N–H and O–H groups in total. The highest BCUT2D eigenvalue weighted by Crippen LogP contribution is 2.38. The van der Waals surface area contributed by atoms with Crippen molar-refractivity contribution in [1.29, 1.82) is 5.41 Å². The van der Waals surface area contributed by atoms with Crippen LogP contribution in [0.4, 0.5) is 5.69 Å². The van der Waals surface area contributed by atoms with E-state index >= 15 is 0 Å². The summed E-state index contributed by atoms with van der Waals surface area (Å²) in [5, 5.41) is 22.4. The molecule has 3 aliphatic rings. The van der Waals surface area contributed by atoms with E-state index in [1.54, 1.807) is 0 Å². The first-order valence-electron chi connectivity index (χ1n) is 11.9. The van der Waals surface area contributed by atoms with Crippen molar-refractivity contribution in [3.05, 3.63) is 47.4 Å². The van der Waals surface area contributed by atoms with Crippen molar-refractivity contribution < 1.29 is 14.5 Å². The molecule has 0 bridgehead atoms. The number of nitrogens with one attached hydrogen (secondary N) is 2. The molecular weight excluding hydrogens is 416 g/mol. The SMILES string of the molecule is C[NH2+]c1cc(C2=CC=CC3NCCC23)cc(-c2nnc(CN3CC(C)OC(C)C3)o2)c1C=N. The Bertz CT molecular complexity index is 1080. The summed E-state index contributed by atoms with van der Waals surface area (Å²) >= 11 is 0. The van der Waals surface area contributed by atoms with E-state index in [9.17, 15) is 0 Å². The predicted octanol–water partition coefficient (Wildman–Crippen LogP) is 2.10. The van der Waals surface area contributed by atoms with Gasteiger partial charge in [0.25, 0.3) is 0 Å². The Balaban J connectivity index is 1.48. The molecule has 4 atom stereocenters. The average Bonchev–Trinajstić information content (AvgIpc) is 3.46. The zero-order valence-corrected chi connectivity index (χ0v) is 19.5. The molecular formula is C25H33N6O2+. The van der Waals surface area contributed by atoms with Crippen LogP contribution >= 0.6 is 0 Å². The highest BCUT2D eigenvalue weighted by molar-refractivity contribution is 5.94. The van der Waals surface area contributed by atoms with Gasteiger partial charge in [0.1, 0.15) is 5.69 Å². The predicted molar refractivity (Wildman–Crippen MR) is 127 cm³/mol. The zero-order valence-electron chi connectivity index (χ0n) is 19.5. The monoisotopic (exact) mass is 449 g/mol. The van der Waals surface area contributed by atoms with Gasteiger partial charge in [-0.25, -0.2) is 0 Å². The highest BCUT2D eigenvalue weighted by Gasteiger charge is 2.31. The molecule has 3 heterocycles. The maximum Gasteiger partial charge on any atom is 0.248 e. The summed E-state index contributed by atoms with van der Waals surface area (Å²) in [5.74, 6) is 1.52. The van der Waals surface area contributed by atoms with Gasteiger partial charge in [0.2, 0.25) is 11.8 Å². The van der Waals surface area contributed by atoms with Crippen molar-refractivity contribution in [2.24, 2.45) is 5.92 Å². The summed E-state index contributed by atoms with van der Waals surface area (Å²) in [7, 11) is 2.00. The summed E-state index contributed by atoms with van der Waals surface area (Å²) in [4.78, 5) is 2.29. The number of rotatable bonds is 6. The number of hydrogen-bond donors (Lipinski definition) is 3. The molecule has 2 aromatic rings. The smallest absolute Gasteiger partial charge is 0.248 e. The van der Waals surface area contributed by atoms with Gasteiger partial charge in [-0.3, -0.25) is 4.90 Å². The summed E-state index contributed by atoms with van der Waals surface area (Å²) < 4.78 is 12.0. The van der Waals surface area contributed by atoms with E-state index in [4.69, 9.17) is 14.6 Å². The number of allylic oxidation sites excluding steroid dienone is 2. The Morgan fingerprint density at radius 1 is 1.24 bits per heavy atom. The third kappa shape index (κ3) is 4.44. The highest BCUT2D eigenvalue weighted by atomic mass is 16.5. The average molecular weight is 450 g/mol. The molecule has 0 amide bonds. The summed E-state index contributed by atoms with van der Waals surface area (Å²) in [6, 6.07) is 4.68. The third-order valence-electron chi connectivity index (χ3n) is 6.81. The number of nitrogens with two attached hydrogens (primary N) is 1. The van der Waals surface area contributed by atoms with Gasteiger partial charge in [-0.2, -0.15) is 0 Å². The van der Waals surface area contributed by atoms with Crippen molar-refractivity contribution in [3.8, 4) is 11.5 Å². The van der Waals surface area contributed by atoms with Crippen molar-refractivity contribution in [2.45, 2.75) is 45.1 Å². The van der Waals surface area contributed by atoms with Gasteiger partial charge in [-0.15, -0.1) is 10.2 Å². The van der Waals surface area contributed by atoms with Crippen LogP contribution in [0.2, 0.25) is 0 Å². The molecule has 33 heavy (non-hydrogen) atoms. The largest absolute Gasteiger partial charge is 0.419 e. The Kier molecular flexibility index (Phi) is 6.25. The van der Waals surface area contributed by atoms with E-state index < -0.39 is 0 Å². The third-order valence-corrected chi connectivity index (χ3v) is 6.81. The minimum Gasteiger partial charge on any atom is -0.419 e. The molecule has 1 aliphatic carbocycles. The fourth-order valence-electron chi connectivity index (χ4n) is 5.44. The Morgan fingerprint density at radius 2 is 2.06 bits per heavy atom. The molecule has 0 spiro atoms. The van der Waals surface area contributed by atoms with Crippen molar-refractivity contribution in [2.75, 3.05) is 26.7 Å². The molecule has 2 fully saturated rings. The van der Waals surface area contributed by atoms with Gasteiger partial charge in [0.05, 0.1) is 36.9 Å². The number of fused-ring (bicyclic) bond motifs is 1. The molecule has 5 rings (SSSR count). The van der Waals surface area contributed by atoms with E-state index in [0.717, 1.165) is 48.4 Å². The van der Waals surface area contributed by atoms with Gasteiger partial charge >= 0.3 is 0 Å². The van der Waals surface area contributed by atoms with Gasteiger partial charge in [0, 0.05) is 37.3 Å². The number of nitrogens with zero attached hydrogens (tertiary/aromatic N) is 3. The maximum atomic E-state index is 8.07. The second kappa shape index (κ2) is 9.30. The molecule has 2 saturated heterocycles. The second-order valence-electron chi connectivity index (χ2n) is 9.29. The van der Waals surface area contributed by atoms with Crippen molar-refractivity contribution >= 4 is 17.5 Å². The van der Waals surface area contributed by atoms with Crippen LogP contribution < -0.4 is 10.6 Å². The maximum absolute atomic E-state index is 8.07. The van der Waals surface area contributed by atoms with Gasteiger partial charge in [-0.1, -0.05) is 18.2 Å². The van der Waals surface area contributed by atoms with Crippen LogP contribution in [0.1, 0.15) is 37.3 Å². The Labute approximate surface area is 194 Å². The molecule has 0 saturated carbocycles. The van der Waals surface area contributed by atoms with Gasteiger partial charge < -0.3 is 25.2 Å². The fourth-order valence-corrected chi connectivity index (χ4v) is 5.44. The van der Waals surface area contributed by atoms with Crippen LogP contribution in [-0.2, 0) is 11.3 Å². The first-order chi connectivity index (χ1) is 16.1. The molecule has 8 nitrogen and oxygen atoms in total. The molecule has 174 valence electrons. The number of hydrogen-bond acceptors (Lipinski definition) is 7.